The molecule has 1 aliphatic heterocycles. The minimum atomic E-state index is -0.911. The third kappa shape index (κ3) is 3.40. The lowest BCUT2D eigenvalue weighted by Gasteiger charge is -2.11. The summed E-state index contributed by atoms with van der Waals surface area (Å²) in [5.41, 5.74) is 1.01. The summed E-state index contributed by atoms with van der Waals surface area (Å²) in [7, 11) is 0. The van der Waals surface area contributed by atoms with E-state index in [4.69, 9.17) is 5.11 Å². The summed E-state index contributed by atoms with van der Waals surface area (Å²) in [6.07, 6.45) is 6.24. The van der Waals surface area contributed by atoms with Crippen LogP contribution in [0, 0.1) is 0 Å². The molecule has 1 aromatic heterocycles. The van der Waals surface area contributed by atoms with Crippen LogP contribution in [0.3, 0.4) is 0 Å². The molecule has 1 aromatic rings. The molecule has 18 heavy (non-hydrogen) atoms. The van der Waals surface area contributed by atoms with E-state index in [9.17, 15) is 4.79 Å². The molecule has 0 spiro atoms. The first-order valence-corrected chi connectivity index (χ1v) is 7.12. The van der Waals surface area contributed by atoms with Gasteiger partial charge in [0.15, 0.2) is 0 Å². The maximum atomic E-state index is 10.5. The molecule has 0 radical (unpaired) electrons. The van der Waals surface area contributed by atoms with Crippen molar-refractivity contribution in [3.8, 4) is 0 Å². The van der Waals surface area contributed by atoms with Gasteiger partial charge in [-0.25, -0.2) is 9.78 Å². The minimum absolute atomic E-state index is 0.843. The third-order valence-electron chi connectivity index (χ3n) is 3.04. The van der Waals surface area contributed by atoms with Crippen molar-refractivity contribution in [2.75, 3.05) is 13.1 Å². The predicted molar refractivity (Wildman–Crippen MR) is 72.7 cm³/mol. The number of carboxylic acid groups (broad SMARTS) is 1. The van der Waals surface area contributed by atoms with Gasteiger partial charge < -0.3 is 5.11 Å². The van der Waals surface area contributed by atoms with Crippen LogP contribution in [-0.4, -0.2) is 34.0 Å². The molecule has 1 aliphatic rings. The Hall–Kier alpha value is -1.20. The number of aromatic nitrogens is 1. The van der Waals surface area contributed by atoms with Crippen LogP contribution >= 0.6 is 11.3 Å². The zero-order valence-electron chi connectivity index (χ0n) is 10.6. The maximum absolute atomic E-state index is 10.5. The summed E-state index contributed by atoms with van der Waals surface area (Å²) in [6.45, 7) is 5.26. The van der Waals surface area contributed by atoms with Gasteiger partial charge in [-0.15, -0.1) is 11.3 Å². The molecule has 0 aromatic carbocycles. The predicted octanol–water partition coefficient (Wildman–Crippen LogP) is 2.40. The largest absolute Gasteiger partial charge is 0.478 e. The molecule has 0 amide bonds. The fourth-order valence-electron chi connectivity index (χ4n) is 2.14. The molecule has 1 saturated heterocycles. The quantitative estimate of drug-likeness (QED) is 0.831. The van der Waals surface area contributed by atoms with Gasteiger partial charge in [0.2, 0.25) is 0 Å². The molecular weight excluding hydrogens is 248 g/mol. The van der Waals surface area contributed by atoms with E-state index in [2.05, 4.69) is 9.88 Å². The second-order valence-electron chi connectivity index (χ2n) is 4.43. The molecule has 5 heteroatoms. The van der Waals surface area contributed by atoms with E-state index in [0.717, 1.165) is 41.6 Å². The molecule has 0 aliphatic carbocycles. The van der Waals surface area contributed by atoms with E-state index < -0.39 is 5.97 Å². The molecule has 0 atom stereocenters. The van der Waals surface area contributed by atoms with E-state index >= 15 is 0 Å². The van der Waals surface area contributed by atoms with E-state index in [1.54, 1.807) is 17.4 Å². The zero-order valence-corrected chi connectivity index (χ0v) is 11.4. The van der Waals surface area contributed by atoms with Gasteiger partial charge in [0, 0.05) is 6.08 Å². The van der Waals surface area contributed by atoms with Crippen molar-refractivity contribution >= 4 is 23.4 Å². The Labute approximate surface area is 111 Å². The third-order valence-corrected chi connectivity index (χ3v) is 4.09. The van der Waals surface area contributed by atoms with E-state index in [1.807, 2.05) is 6.92 Å². The molecule has 2 rings (SSSR count). The monoisotopic (exact) mass is 266 g/mol. The van der Waals surface area contributed by atoms with Crippen molar-refractivity contribution in [1.82, 2.24) is 9.88 Å². The fourth-order valence-corrected chi connectivity index (χ4v) is 3.25. The lowest BCUT2D eigenvalue weighted by atomic mass is 10.3. The van der Waals surface area contributed by atoms with Crippen molar-refractivity contribution in [3.05, 3.63) is 21.7 Å². The molecule has 1 N–H and O–H groups in total. The first kappa shape index (κ1) is 13.2. The second kappa shape index (κ2) is 6.11. The lowest BCUT2D eigenvalue weighted by Crippen LogP contribution is -2.18. The van der Waals surface area contributed by atoms with E-state index in [0.29, 0.717) is 0 Å². The summed E-state index contributed by atoms with van der Waals surface area (Å²) in [5.74, 6) is -0.911. The Morgan fingerprint density at radius 3 is 2.83 bits per heavy atom. The number of aliphatic carboxylic acids is 1. The van der Waals surface area contributed by atoms with Gasteiger partial charge in [-0.05, 0) is 38.4 Å². The molecule has 1 fully saturated rings. The van der Waals surface area contributed by atoms with Gasteiger partial charge in [0.05, 0.1) is 17.1 Å². The van der Waals surface area contributed by atoms with Gasteiger partial charge in [-0.2, -0.15) is 0 Å². The number of thiazole rings is 1. The Balaban J connectivity index is 2.09. The number of likely N-dealkylation sites (tertiary alicyclic amines) is 1. The Morgan fingerprint density at radius 2 is 2.22 bits per heavy atom. The topological polar surface area (TPSA) is 53.4 Å². The number of carboxylic acids is 1. The van der Waals surface area contributed by atoms with Crippen LogP contribution in [-0.2, 0) is 17.8 Å². The van der Waals surface area contributed by atoms with Crippen LogP contribution in [0.2, 0.25) is 0 Å². The highest BCUT2D eigenvalue weighted by Crippen LogP contribution is 2.23. The average Bonchev–Trinajstić information content (AvgIpc) is 2.96. The number of hydrogen-bond acceptors (Lipinski definition) is 4. The van der Waals surface area contributed by atoms with Gasteiger partial charge in [0.1, 0.15) is 5.01 Å². The summed E-state index contributed by atoms with van der Waals surface area (Å²) < 4.78 is 0. The van der Waals surface area contributed by atoms with Crippen LogP contribution in [0.5, 0.6) is 0 Å². The highest BCUT2D eigenvalue weighted by atomic mass is 32.1. The number of hydrogen-bond donors (Lipinski definition) is 1. The van der Waals surface area contributed by atoms with Gasteiger partial charge >= 0.3 is 5.97 Å². The maximum Gasteiger partial charge on any atom is 0.328 e. The van der Waals surface area contributed by atoms with Gasteiger partial charge in [-0.3, -0.25) is 4.90 Å². The first-order chi connectivity index (χ1) is 8.69. The average molecular weight is 266 g/mol. The Kier molecular flexibility index (Phi) is 4.49. The SMILES string of the molecule is CCc1nc(CN2CCCC2)sc1/C=C/C(=O)O. The Bertz CT molecular complexity index is 448. The number of rotatable bonds is 5. The smallest absolute Gasteiger partial charge is 0.328 e. The van der Waals surface area contributed by atoms with Crippen LogP contribution < -0.4 is 0 Å². The molecule has 4 nitrogen and oxygen atoms in total. The minimum Gasteiger partial charge on any atom is -0.478 e. The summed E-state index contributed by atoms with van der Waals surface area (Å²) in [5, 5.41) is 9.76. The van der Waals surface area contributed by atoms with Crippen molar-refractivity contribution in [2.24, 2.45) is 0 Å². The van der Waals surface area contributed by atoms with Crippen molar-refractivity contribution in [3.63, 3.8) is 0 Å². The summed E-state index contributed by atoms with van der Waals surface area (Å²) in [6, 6.07) is 0. The summed E-state index contributed by atoms with van der Waals surface area (Å²) in [4.78, 5) is 18.5. The summed E-state index contributed by atoms with van der Waals surface area (Å²) >= 11 is 1.61. The highest BCUT2D eigenvalue weighted by Gasteiger charge is 2.15. The van der Waals surface area contributed by atoms with Crippen molar-refractivity contribution < 1.29 is 9.90 Å². The van der Waals surface area contributed by atoms with Gasteiger partial charge in [0.25, 0.3) is 0 Å². The van der Waals surface area contributed by atoms with Crippen molar-refractivity contribution in [2.45, 2.75) is 32.7 Å². The lowest BCUT2D eigenvalue weighted by molar-refractivity contribution is -0.131. The van der Waals surface area contributed by atoms with Crippen LogP contribution in [0.1, 0.15) is 35.3 Å². The van der Waals surface area contributed by atoms with E-state index in [-0.39, 0.29) is 0 Å². The number of carbonyl (C=O) groups is 1. The van der Waals surface area contributed by atoms with Gasteiger partial charge in [-0.1, -0.05) is 6.92 Å². The molecule has 0 saturated carbocycles. The molecule has 98 valence electrons. The Morgan fingerprint density at radius 1 is 1.50 bits per heavy atom. The normalized spacial score (nSPS) is 16.7. The number of aryl methyl sites for hydroxylation is 1. The molecular formula is C13H18N2O2S. The highest BCUT2D eigenvalue weighted by molar-refractivity contribution is 7.12. The fraction of sp³-hybridized carbons (Fsp3) is 0.538. The number of nitrogens with zero attached hydrogens (tertiary/aromatic N) is 2. The van der Waals surface area contributed by atoms with Crippen LogP contribution in [0.15, 0.2) is 6.08 Å². The first-order valence-electron chi connectivity index (χ1n) is 6.31. The van der Waals surface area contributed by atoms with Crippen molar-refractivity contribution in [1.29, 1.82) is 0 Å². The van der Waals surface area contributed by atoms with E-state index in [1.165, 1.54) is 18.9 Å². The molecule has 2 heterocycles. The van der Waals surface area contributed by atoms with Crippen LogP contribution in [0.25, 0.3) is 6.08 Å². The van der Waals surface area contributed by atoms with Crippen LogP contribution in [0.4, 0.5) is 0 Å². The molecule has 0 bridgehead atoms. The standard InChI is InChI=1S/C13H18N2O2S/c1-2-10-11(5-6-13(16)17)18-12(14-10)9-15-7-3-4-8-15/h5-6H,2-4,7-9H2,1H3,(H,16,17)/b6-5+. The molecule has 0 unspecified atom stereocenters. The zero-order chi connectivity index (χ0) is 13.0. The second-order valence-corrected chi connectivity index (χ2v) is 5.54.